The number of nitrogens with zero attached hydrogens (tertiary/aromatic N) is 1. The van der Waals surface area contributed by atoms with Crippen molar-refractivity contribution in [2.24, 2.45) is 5.73 Å². The number of ether oxygens (including phenoxy) is 1. The standard InChI is InChI=1S/C20H21N3O3S2/c1-2-26-13(24)9-10-5-3-6-11-14(12-7-4-8-27-12)15-16(21)18(19(22)25)28-20(15)23-17(10)11/h4,7-8,10H,2-3,5-6,9,21H2,1H3,(H2,22,25). The summed E-state index contributed by atoms with van der Waals surface area (Å²) >= 11 is 2.85. The Morgan fingerprint density at radius 2 is 2.21 bits per heavy atom. The number of carbonyl (C=O) groups excluding carboxylic acids is 2. The first-order valence-corrected chi connectivity index (χ1v) is 10.9. The molecule has 3 aromatic heterocycles. The number of amides is 1. The van der Waals surface area contributed by atoms with Crippen molar-refractivity contribution in [1.82, 2.24) is 4.98 Å². The summed E-state index contributed by atoms with van der Waals surface area (Å²) in [5.74, 6) is -0.742. The number of pyridine rings is 1. The number of primary amides is 1. The van der Waals surface area contributed by atoms with Crippen molar-refractivity contribution >= 4 is 50.5 Å². The van der Waals surface area contributed by atoms with Gasteiger partial charge in [-0.3, -0.25) is 9.59 Å². The lowest BCUT2D eigenvalue weighted by Gasteiger charge is -2.26. The SMILES string of the molecule is CCOC(=O)CC1CCCc2c1nc1sc(C(N)=O)c(N)c1c2-c1cccs1. The summed E-state index contributed by atoms with van der Waals surface area (Å²) in [6.07, 6.45) is 3.03. The quantitative estimate of drug-likeness (QED) is 0.611. The molecule has 0 bridgehead atoms. The number of anilines is 1. The zero-order valence-corrected chi connectivity index (χ0v) is 17.1. The second-order valence-corrected chi connectivity index (χ2v) is 8.76. The molecule has 1 aliphatic carbocycles. The number of aromatic nitrogens is 1. The minimum Gasteiger partial charge on any atom is -0.466 e. The smallest absolute Gasteiger partial charge is 0.306 e. The van der Waals surface area contributed by atoms with Gasteiger partial charge < -0.3 is 16.2 Å². The lowest BCUT2D eigenvalue weighted by molar-refractivity contribution is -0.143. The molecule has 0 saturated carbocycles. The first kappa shape index (κ1) is 18.9. The molecule has 3 aromatic rings. The fraction of sp³-hybridized carbons (Fsp3) is 0.350. The summed E-state index contributed by atoms with van der Waals surface area (Å²) < 4.78 is 5.16. The lowest BCUT2D eigenvalue weighted by Crippen LogP contribution is -2.18. The fourth-order valence-electron chi connectivity index (χ4n) is 3.96. The topological polar surface area (TPSA) is 108 Å². The highest BCUT2D eigenvalue weighted by Gasteiger charge is 2.31. The number of thiophene rings is 2. The highest BCUT2D eigenvalue weighted by Crippen LogP contribution is 2.47. The van der Waals surface area contributed by atoms with Crippen LogP contribution in [0.2, 0.25) is 0 Å². The molecular formula is C20H21N3O3S2. The molecule has 28 heavy (non-hydrogen) atoms. The first-order chi connectivity index (χ1) is 13.5. The number of hydrogen-bond donors (Lipinski definition) is 2. The van der Waals surface area contributed by atoms with E-state index in [2.05, 4.69) is 6.07 Å². The number of hydrogen-bond acceptors (Lipinski definition) is 7. The zero-order valence-electron chi connectivity index (χ0n) is 15.5. The summed E-state index contributed by atoms with van der Waals surface area (Å²) in [5.41, 5.74) is 15.3. The van der Waals surface area contributed by atoms with Gasteiger partial charge >= 0.3 is 5.97 Å². The minimum absolute atomic E-state index is 0.00580. The average molecular weight is 416 g/mol. The maximum atomic E-state index is 12.1. The van der Waals surface area contributed by atoms with E-state index in [1.54, 1.807) is 11.3 Å². The average Bonchev–Trinajstić information content (AvgIpc) is 3.29. The van der Waals surface area contributed by atoms with Gasteiger partial charge in [0.1, 0.15) is 9.71 Å². The second kappa shape index (κ2) is 7.52. The predicted octanol–water partition coefficient (Wildman–Crippen LogP) is 4.08. The maximum absolute atomic E-state index is 12.1. The third-order valence-corrected chi connectivity index (χ3v) is 7.09. The van der Waals surface area contributed by atoms with Crippen LogP contribution in [0, 0.1) is 0 Å². The molecule has 1 amide bonds. The Morgan fingerprint density at radius 3 is 2.89 bits per heavy atom. The molecule has 4 N–H and O–H groups in total. The van der Waals surface area contributed by atoms with Crippen molar-refractivity contribution in [1.29, 1.82) is 0 Å². The third-order valence-electron chi connectivity index (χ3n) is 5.09. The van der Waals surface area contributed by atoms with Crippen LogP contribution in [0.15, 0.2) is 17.5 Å². The summed E-state index contributed by atoms with van der Waals surface area (Å²) in [7, 11) is 0. The number of fused-ring (bicyclic) bond motifs is 2. The highest BCUT2D eigenvalue weighted by atomic mass is 32.1. The minimum atomic E-state index is -0.543. The van der Waals surface area contributed by atoms with Crippen molar-refractivity contribution in [3.05, 3.63) is 33.6 Å². The molecule has 1 atom stereocenters. The summed E-state index contributed by atoms with van der Waals surface area (Å²) in [5, 5.41) is 2.82. The largest absolute Gasteiger partial charge is 0.466 e. The van der Waals surface area contributed by atoms with E-state index in [9.17, 15) is 9.59 Å². The Hall–Kier alpha value is -2.45. The Morgan fingerprint density at radius 1 is 1.39 bits per heavy atom. The molecule has 0 aliphatic heterocycles. The summed E-state index contributed by atoms with van der Waals surface area (Å²) in [6.45, 7) is 2.18. The molecule has 146 valence electrons. The van der Waals surface area contributed by atoms with Gasteiger partial charge in [-0.15, -0.1) is 22.7 Å². The van der Waals surface area contributed by atoms with E-state index in [1.165, 1.54) is 11.3 Å². The molecule has 1 aliphatic rings. The van der Waals surface area contributed by atoms with Crippen molar-refractivity contribution < 1.29 is 14.3 Å². The number of nitrogens with two attached hydrogens (primary N) is 2. The molecule has 8 heteroatoms. The monoisotopic (exact) mass is 415 g/mol. The molecule has 1 unspecified atom stereocenters. The number of esters is 1. The maximum Gasteiger partial charge on any atom is 0.306 e. The van der Waals surface area contributed by atoms with Crippen LogP contribution in [0.3, 0.4) is 0 Å². The van der Waals surface area contributed by atoms with Crippen LogP contribution in [-0.4, -0.2) is 23.5 Å². The van der Waals surface area contributed by atoms with Crippen LogP contribution in [-0.2, 0) is 16.0 Å². The Kier molecular flexibility index (Phi) is 5.07. The Bertz CT molecular complexity index is 1060. The van der Waals surface area contributed by atoms with E-state index in [4.69, 9.17) is 21.2 Å². The molecule has 0 aromatic carbocycles. The van der Waals surface area contributed by atoms with Crippen LogP contribution in [0.1, 0.15) is 53.0 Å². The van der Waals surface area contributed by atoms with Crippen LogP contribution < -0.4 is 11.5 Å². The van der Waals surface area contributed by atoms with Gasteiger partial charge in [0.25, 0.3) is 5.91 Å². The highest BCUT2D eigenvalue weighted by molar-refractivity contribution is 7.21. The van der Waals surface area contributed by atoms with Gasteiger partial charge in [0.15, 0.2) is 0 Å². The van der Waals surface area contributed by atoms with Crippen molar-refractivity contribution in [2.75, 3.05) is 12.3 Å². The van der Waals surface area contributed by atoms with Gasteiger partial charge in [0.05, 0.1) is 18.7 Å². The van der Waals surface area contributed by atoms with Crippen molar-refractivity contribution in [2.45, 2.75) is 38.5 Å². The second-order valence-electron chi connectivity index (χ2n) is 6.82. The molecule has 4 rings (SSSR count). The lowest BCUT2D eigenvalue weighted by atomic mass is 9.81. The van der Waals surface area contributed by atoms with E-state index in [0.717, 1.165) is 46.3 Å². The Labute approximate surface area is 170 Å². The number of nitrogen functional groups attached to an aromatic ring is 1. The predicted molar refractivity (Wildman–Crippen MR) is 113 cm³/mol. The number of rotatable bonds is 5. The van der Waals surface area contributed by atoms with Gasteiger partial charge in [0, 0.05) is 27.4 Å². The molecule has 0 radical (unpaired) electrons. The van der Waals surface area contributed by atoms with Gasteiger partial charge in [-0.05, 0) is 43.2 Å². The molecule has 0 saturated heterocycles. The third kappa shape index (κ3) is 3.16. The zero-order chi connectivity index (χ0) is 19.8. The van der Waals surface area contributed by atoms with E-state index in [1.807, 2.05) is 18.4 Å². The summed E-state index contributed by atoms with van der Waals surface area (Å²) in [6, 6.07) is 4.05. The van der Waals surface area contributed by atoms with Crippen LogP contribution in [0.5, 0.6) is 0 Å². The normalized spacial score (nSPS) is 16.1. The van der Waals surface area contributed by atoms with E-state index >= 15 is 0 Å². The van der Waals surface area contributed by atoms with Gasteiger partial charge in [0.2, 0.25) is 0 Å². The number of carbonyl (C=O) groups is 2. The van der Waals surface area contributed by atoms with Crippen LogP contribution in [0.25, 0.3) is 20.7 Å². The van der Waals surface area contributed by atoms with Crippen LogP contribution >= 0.6 is 22.7 Å². The van der Waals surface area contributed by atoms with Crippen molar-refractivity contribution in [3.8, 4) is 10.4 Å². The first-order valence-electron chi connectivity index (χ1n) is 9.25. The molecule has 6 nitrogen and oxygen atoms in total. The van der Waals surface area contributed by atoms with E-state index < -0.39 is 5.91 Å². The molecule has 3 heterocycles. The van der Waals surface area contributed by atoms with E-state index in [0.29, 0.717) is 28.4 Å². The molecule has 0 fully saturated rings. The molecule has 0 spiro atoms. The molecular weight excluding hydrogens is 394 g/mol. The fourth-order valence-corrected chi connectivity index (χ4v) is 5.72. The van der Waals surface area contributed by atoms with E-state index in [-0.39, 0.29) is 11.9 Å². The van der Waals surface area contributed by atoms with Gasteiger partial charge in [-0.25, -0.2) is 4.98 Å². The van der Waals surface area contributed by atoms with Gasteiger partial charge in [-0.2, -0.15) is 0 Å². The summed E-state index contributed by atoms with van der Waals surface area (Å²) in [4.78, 5) is 31.0. The van der Waals surface area contributed by atoms with Crippen molar-refractivity contribution in [3.63, 3.8) is 0 Å². The van der Waals surface area contributed by atoms with Gasteiger partial charge in [-0.1, -0.05) is 6.07 Å². The van der Waals surface area contributed by atoms with Crippen LogP contribution in [0.4, 0.5) is 5.69 Å². The Balaban J connectivity index is 1.95.